The van der Waals surface area contributed by atoms with Gasteiger partial charge in [0.05, 0.1) is 5.69 Å². The van der Waals surface area contributed by atoms with E-state index in [9.17, 15) is 4.79 Å². The van der Waals surface area contributed by atoms with E-state index in [0.717, 1.165) is 43.2 Å². The van der Waals surface area contributed by atoms with Crippen LogP contribution in [-0.2, 0) is 19.4 Å². The molecule has 1 saturated heterocycles. The number of nitrogens with one attached hydrogen (secondary N) is 3. The van der Waals surface area contributed by atoms with Gasteiger partial charge in [0.1, 0.15) is 6.26 Å². The van der Waals surface area contributed by atoms with Crippen molar-refractivity contribution in [3.63, 3.8) is 0 Å². The van der Waals surface area contributed by atoms with E-state index >= 15 is 0 Å². The highest BCUT2D eigenvalue weighted by Gasteiger charge is 2.22. The fraction of sp³-hybridized carbons (Fsp3) is 0.346. The van der Waals surface area contributed by atoms with E-state index in [2.05, 4.69) is 74.9 Å². The molecule has 3 heterocycles. The first-order valence-corrected chi connectivity index (χ1v) is 11.5. The predicted molar refractivity (Wildman–Crippen MR) is 127 cm³/mol. The summed E-state index contributed by atoms with van der Waals surface area (Å²) in [6, 6.07) is 17.1. The highest BCUT2D eigenvalue weighted by Crippen LogP contribution is 2.23. The average molecular weight is 431 g/mol. The molecule has 3 N–H and O–H groups in total. The summed E-state index contributed by atoms with van der Waals surface area (Å²) in [5.74, 6) is 0.327. The van der Waals surface area contributed by atoms with Crippen LogP contribution in [0.2, 0.25) is 0 Å². The molecule has 2 aromatic carbocycles. The normalized spacial score (nSPS) is 16.8. The number of benzene rings is 2. The fourth-order valence-corrected chi connectivity index (χ4v) is 4.74. The first kappa shape index (κ1) is 20.8. The lowest BCUT2D eigenvalue weighted by molar-refractivity contribution is 0.326. The monoisotopic (exact) mass is 430 g/mol. The van der Waals surface area contributed by atoms with Crippen LogP contribution < -0.4 is 11.1 Å². The smallest absolute Gasteiger partial charge is 0.416 e. The maximum atomic E-state index is 11.2. The summed E-state index contributed by atoms with van der Waals surface area (Å²) in [7, 11) is 0. The fourth-order valence-electron chi connectivity index (χ4n) is 4.74. The molecule has 0 radical (unpaired) electrons. The molecule has 166 valence electrons. The molecule has 2 aromatic heterocycles. The van der Waals surface area contributed by atoms with Crippen molar-refractivity contribution >= 4 is 10.9 Å². The van der Waals surface area contributed by atoms with E-state index in [1.165, 1.54) is 47.9 Å². The van der Waals surface area contributed by atoms with Crippen LogP contribution >= 0.6 is 0 Å². The van der Waals surface area contributed by atoms with E-state index in [0.29, 0.717) is 6.42 Å². The first-order chi connectivity index (χ1) is 15.7. The van der Waals surface area contributed by atoms with E-state index < -0.39 is 5.76 Å². The minimum Gasteiger partial charge on any atom is -0.416 e. The Bertz CT molecular complexity index is 1210. The third-order valence-corrected chi connectivity index (χ3v) is 6.47. The Morgan fingerprint density at radius 2 is 2.03 bits per heavy atom. The van der Waals surface area contributed by atoms with Crippen LogP contribution in [0.15, 0.2) is 70.2 Å². The van der Waals surface area contributed by atoms with Gasteiger partial charge in [0.15, 0.2) is 0 Å². The number of oxazole rings is 1. The van der Waals surface area contributed by atoms with E-state index in [-0.39, 0.29) is 0 Å². The molecule has 6 nitrogen and oxygen atoms in total. The minimum atomic E-state index is -0.400. The molecule has 4 aromatic rings. The Hall–Kier alpha value is -3.09. The zero-order valence-electron chi connectivity index (χ0n) is 18.3. The van der Waals surface area contributed by atoms with Gasteiger partial charge in [0.2, 0.25) is 0 Å². The molecule has 32 heavy (non-hydrogen) atoms. The molecule has 5 rings (SSSR count). The summed E-state index contributed by atoms with van der Waals surface area (Å²) < 4.78 is 4.86. The van der Waals surface area contributed by atoms with Gasteiger partial charge in [-0.25, -0.2) is 4.79 Å². The lowest BCUT2D eigenvalue weighted by atomic mass is 10.0. The van der Waals surface area contributed by atoms with Crippen LogP contribution in [0, 0.1) is 5.92 Å². The summed E-state index contributed by atoms with van der Waals surface area (Å²) in [6.45, 7) is 5.46. The standard InChI is InChI=1S/C26H30N4O2/c31-26-29-23(18-32-26)12-20-6-7-25-24(13-20)22(16-28-25)9-11-30-10-8-21(17-30)15-27-14-19-4-2-1-3-5-19/h1-7,13,16,18,21,27-28H,8-12,14-15,17H2,(H,29,31). The molecule has 0 aliphatic carbocycles. The highest BCUT2D eigenvalue weighted by atomic mass is 16.4. The third kappa shape index (κ3) is 5.03. The molecular weight excluding hydrogens is 400 g/mol. The van der Waals surface area contributed by atoms with Gasteiger partial charge >= 0.3 is 5.76 Å². The van der Waals surface area contributed by atoms with Crippen LogP contribution in [0.3, 0.4) is 0 Å². The SMILES string of the molecule is O=c1[nH]c(Cc2ccc3[nH]cc(CCN4CCC(CNCc5ccccc5)C4)c3c2)co1. The van der Waals surface area contributed by atoms with E-state index in [4.69, 9.17) is 4.42 Å². The van der Waals surface area contributed by atoms with Crippen LogP contribution in [-0.4, -0.2) is 41.0 Å². The Morgan fingerprint density at radius 1 is 1.12 bits per heavy atom. The Kier molecular flexibility index (Phi) is 6.23. The number of fused-ring (bicyclic) bond motifs is 1. The molecule has 1 fully saturated rings. The van der Waals surface area contributed by atoms with Crippen molar-refractivity contribution in [3.8, 4) is 0 Å². The Morgan fingerprint density at radius 3 is 2.88 bits per heavy atom. The quantitative estimate of drug-likeness (QED) is 0.378. The largest absolute Gasteiger partial charge is 0.416 e. The van der Waals surface area contributed by atoms with Gasteiger partial charge in [-0.2, -0.15) is 0 Å². The van der Waals surface area contributed by atoms with Gasteiger partial charge in [-0.05, 0) is 60.7 Å². The summed E-state index contributed by atoms with van der Waals surface area (Å²) >= 11 is 0. The zero-order valence-corrected chi connectivity index (χ0v) is 18.3. The maximum Gasteiger partial charge on any atom is 0.416 e. The molecule has 0 spiro atoms. The lowest BCUT2D eigenvalue weighted by Crippen LogP contribution is -2.27. The van der Waals surface area contributed by atoms with Crippen LogP contribution in [0.4, 0.5) is 0 Å². The molecule has 1 atom stereocenters. The third-order valence-electron chi connectivity index (χ3n) is 6.47. The van der Waals surface area contributed by atoms with Gasteiger partial charge in [-0.1, -0.05) is 36.4 Å². The summed E-state index contributed by atoms with van der Waals surface area (Å²) in [6.07, 6.45) is 6.61. The molecule has 1 unspecified atom stereocenters. The van der Waals surface area contributed by atoms with Gasteiger partial charge in [0, 0.05) is 43.2 Å². The van der Waals surface area contributed by atoms with E-state index in [1.807, 2.05) is 0 Å². The molecule has 1 aliphatic rings. The molecule has 0 amide bonds. The first-order valence-electron chi connectivity index (χ1n) is 11.5. The second-order valence-electron chi connectivity index (χ2n) is 8.87. The van der Waals surface area contributed by atoms with E-state index in [1.54, 1.807) is 0 Å². The maximum absolute atomic E-state index is 11.2. The number of rotatable bonds is 9. The minimum absolute atomic E-state index is 0.400. The topological polar surface area (TPSA) is 77.1 Å². The lowest BCUT2D eigenvalue weighted by Gasteiger charge is -2.16. The van der Waals surface area contributed by atoms with Gasteiger partial charge in [-0.3, -0.25) is 4.98 Å². The molecule has 0 saturated carbocycles. The molecular formula is C26H30N4O2. The number of hydrogen-bond donors (Lipinski definition) is 3. The number of H-pyrrole nitrogens is 2. The van der Waals surface area contributed by atoms with Crippen LogP contribution in [0.5, 0.6) is 0 Å². The van der Waals surface area contributed by atoms with Gasteiger partial charge < -0.3 is 19.6 Å². The number of hydrogen-bond acceptors (Lipinski definition) is 4. The predicted octanol–water partition coefficient (Wildman–Crippen LogP) is 3.69. The Labute approximate surface area is 187 Å². The van der Waals surface area contributed by atoms with Crippen molar-refractivity contribution in [2.24, 2.45) is 5.92 Å². The second kappa shape index (κ2) is 9.59. The van der Waals surface area contributed by atoms with Gasteiger partial charge in [-0.15, -0.1) is 0 Å². The van der Waals surface area contributed by atoms with Crippen molar-refractivity contribution in [1.82, 2.24) is 20.2 Å². The van der Waals surface area contributed by atoms with Crippen molar-refractivity contribution in [2.45, 2.75) is 25.8 Å². The molecule has 6 heteroatoms. The van der Waals surface area contributed by atoms with Crippen molar-refractivity contribution < 1.29 is 4.42 Å². The second-order valence-corrected chi connectivity index (χ2v) is 8.87. The van der Waals surface area contributed by atoms with Crippen LogP contribution in [0.1, 0.15) is 28.8 Å². The molecule has 1 aliphatic heterocycles. The van der Waals surface area contributed by atoms with Crippen molar-refractivity contribution in [1.29, 1.82) is 0 Å². The highest BCUT2D eigenvalue weighted by molar-refractivity contribution is 5.84. The van der Waals surface area contributed by atoms with Gasteiger partial charge in [0.25, 0.3) is 0 Å². The average Bonchev–Trinajstić information content (AvgIpc) is 3.53. The summed E-state index contributed by atoms with van der Waals surface area (Å²) in [5.41, 5.74) is 5.83. The number of likely N-dealkylation sites (tertiary alicyclic amines) is 1. The number of aromatic nitrogens is 2. The summed E-state index contributed by atoms with van der Waals surface area (Å²) in [4.78, 5) is 20.0. The van der Waals surface area contributed by atoms with Crippen LogP contribution in [0.25, 0.3) is 10.9 Å². The zero-order chi connectivity index (χ0) is 21.8. The summed E-state index contributed by atoms with van der Waals surface area (Å²) in [5, 5.41) is 4.90. The van der Waals surface area contributed by atoms with Crippen molar-refractivity contribution in [3.05, 3.63) is 93.9 Å². The number of aromatic amines is 2. The van der Waals surface area contributed by atoms with Crippen molar-refractivity contribution in [2.75, 3.05) is 26.2 Å². The molecule has 0 bridgehead atoms. The number of nitrogens with zero attached hydrogens (tertiary/aromatic N) is 1. The Balaban J connectivity index is 1.13.